The lowest BCUT2D eigenvalue weighted by molar-refractivity contribution is 0.302. The molecule has 0 atom stereocenters. The number of pyridine rings is 1. The van der Waals surface area contributed by atoms with Gasteiger partial charge in [0.15, 0.2) is 11.5 Å². The van der Waals surface area contributed by atoms with E-state index in [1.807, 2.05) is 6.07 Å². The van der Waals surface area contributed by atoms with Gasteiger partial charge >= 0.3 is 0 Å². The summed E-state index contributed by atoms with van der Waals surface area (Å²) in [5, 5.41) is 13.5. The second-order valence-corrected chi connectivity index (χ2v) is 4.78. The van der Waals surface area contributed by atoms with Crippen LogP contribution in [0.5, 0.6) is 17.4 Å². The van der Waals surface area contributed by atoms with Crippen LogP contribution >= 0.6 is 11.6 Å². The molecule has 0 amide bonds. The van der Waals surface area contributed by atoms with Crippen molar-refractivity contribution in [3.05, 3.63) is 47.1 Å². The van der Waals surface area contributed by atoms with Gasteiger partial charge in [-0.1, -0.05) is 17.7 Å². The molecule has 0 aliphatic heterocycles. The fourth-order valence-electron chi connectivity index (χ4n) is 1.75. The van der Waals surface area contributed by atoms with Crippen LogP contribution in [0.1, 0.15) is 5.56 Å². The van der Waals surface area contributed by atoms with E-state index in [9.17, 15) is 5.11 Å². The first kappa shape index (κ1) is 15.4. The third kappa shape index (κ3) is 4.81. The SMILES string of the molecule is COc1ccc(CNCCOc2ccc(Cl)cn2)cc1O. The molecule has 21 heavy (non-hydrogen) atoms. The highest BCUT2D eigenvalue weighted by Crippen LogP contribution is 2.25. The zero-order chi connectivity index (χ0) is 15.1. The van der Waals surface area contributed by atoms with Crippen molar-refractivity contribution in [2.24, 2.45) is 0 Å². The van der Waals surface area contributed by atoms with E-state index in [2.05, 4.69) is 10.3 Å². The lowest BCUT2D eigenvalue weighted by Crippen LogP contribution is -2.20. The predicted octanol–water partition coefficient (Wildman–Crippen LogP) is 2.62. The van der Waals surface area contributed by atoms with Crippen molar-refractivity contribution in [3.8, 4) is 17.4 Å². The molecule has 1 aromatic carbocycles. The molecule has 0 saturated heterocycles. The quantitative estimate of drug-likeness (QED) is 0.770. The van der Waals surface area contributed by atoms with Crippen LogP contribution in [0.2, 0.25) is 5.02 Å². The van der Waals surface area contributed by atoms with Crippen molar-refractivity contribution in [2.45, 2.75) is 6.54 Å². The molecule has 0 unspecified atom stereocenters. The molecule has 2 N–H and O–H groups in total. The minimum Gasteiger partial charge on any atom is -0.504 e. The normalized spacial score (nSPS) is 10.4. The molecule has 1 heterocycles. The first-order valence-corrected chi connectivity index (χ1v) is 6.88. The summed E-state index contributed by atoms with van der Waals surface area (Å²) < 4.78 is 10.5. The number of hydrogen-bond donors (Lipinski definition) is 2. The summed E-state index contributed by atoms with van der Waals surface area (Å²) in [4.78, 5) is 4.04. The van der Waals surface area contributed by atoms with Crippen LogP contribution in [0.25, 0.3) is 0 Å². The molecule has 0 spiro atoms. The largest absolute Gasteiger partial charge is 0.504 e. The summed E-state index contributed by atoms with van der Waals surface area (Å²) in [6, 6.07) is 8.77. The molecule has 0 saturated carbocycles. The van der Waals surface area contributed by atoms with Crippen molar-refractivity contribution >= 4 is 11.6 Å². The van der Waals surface area contributed by atoms with Gasteiger partial charge in [-0.15, -0.1) is 0 Å². The predicted molar refractivity (Wildman–Crippen MR) is 81.1 cm³/mol. The summed E-state index contributed by atoms with van der Waals surface area (Å²) in [5.41, 5.74) is 0.970. The van der Waals surface area contributed by atoms with Gasteiger partial charge in [-0.05, 0) is 23.8 Å². The fourth-order valence-corrected chi connectivity index (χ4v) is 1.87. The Morgan fingerprint density at radius 2 is 2.14 bits per heavy atom. The fraction of sp³-hybridized carbons (Fsp3) is 0.267. The van der Waals surface area contributed by atoms with Gasteiger partial charge in [-0.3, -0.25) is 0 Å². The average molecular weight is 309 g/mol. The Balaban J connectivity index is 1.70. The minimum atomic E-state index is 0.137. The monoisotopic (exact) mass is 308 g/mol. The third-order valence-corrected chi connectivity index (χ3v) is 3.02. The number of rotatable bonds is 7. The van der Waals surface area contributed by atoms with Gasteiger partial charge in [0.1, 0.15) is 6.61 Å². The highest BCUT2D eigenvalue weighted by atomic mass is 35.5. The summed E-state index contributed by atoms with van der Waals surface area (Å²) in [7, 11) is 1.52. The van der Waals surface area contributed by atoms with Crippen LogP contribution < -0.4 is 14.8 Å². The second kappa shape index (κ2) is 7.71. The van der Waals surface area contributed by atoms with Crippen molar-refractivity contribution < 1.29 is 14.6 Å². The maximum Gasteiger partial charge on any atom is 0.213 e. The number of ether oxygens (including phenoxy) is 2. The number of nitrogens with one attached hydrogen (secondary N) is 1. The number of phenolic OH excluding ortho intramolecular Hbond substituents is 1. The Bertz CT molecular complexity index is 576. The van der Waals surface area contributed by atoms with E-state index >= 15 is 0 Å². The topological polar surface area (TPSA) is 63.6 Å². The summed E-state index contributed by atoms with van der Waals surface area (Å²) in [6.45, 7) is 1.79. The zero-order valence-electron chi connectivity index (χ0n) is 11.7. The maximum absolute atomic E-state index is 9.67. The molecule has 1 aromatic heterocycles. The van der Waals surface area contributed by atoms with E-state index in [1.165, 1.54) is 7.11 Å². The average Bonchev–Trinajstić information content (AvgIpc) is 2.49. The zero-order valence-corrected chi connectivity index (χ0v) is 12.4. The molecule has 0 aliphatic rings. The van der Waals surface area contributed by atoms with Crippen molar-refractivity contribution in [2.75, 3.05) is 20.3 Å². The second-order valence-electron chi connectivity index (χ2n) is 4.35. The van der Waals surface area contributed by atoms with E-state index in [0.29, 0.717) is 36.3 Å². The maximum atomic E-state index is 9.67. The highest BCUT2D eigenvalue weighted by Gasteiger charge is 2.02. The van der Waals surface area contributed by atoms with Gasteiger partial charge in [-0.2, -0.15) is 0 Å². The summed E-state index contributed by atoms with van der Waals surface area (Å²) >= 11 is 5.74. The number of nitrogens with zero attached hydrogens (tertiary/aromatic N) is 1. The lowest BCUT2D eigenvalue weighted by atomic mass is 10.2. The van der Waals surface area contributed by atoms with Crippen LogP contribution in [0.15, 0.2) is 36.5 Å². The van der Waals surface area contributed by atoms with E-state index < -0.39 is 0 Å². The lowest BCUT2D eigenvalue weighted by Gasteiger charge is -2.08. The minimum absolute atomic E-state index is 0.137. The number of aromatic nitrogens is 1. The number of aromatic hydroxyl groups is 1. The number of phenols is 1. The molecule has 2 aromatic rings. The Morgan fingerprint density at radius 3 is 2.81 bits per heavy atom. The number of halogens is 1. The molecule has 5 nitrogen and oxygen atoms in total. The number of methoxy groups -OCH3 is 1. The standard InChI is InChI=1S/C15H17ClN2O3/c1-20-14-4-2-11(8-13(14)19)9-17-6-7-21-15-5-3-12(16)10-18-15/h2-5,8,10,17,19H,6-7,9H2,1H3. The van der Waals surface area contributed by atoms with E-state index in [-0.39, 0.29) is 5.75 Å². The Morgan fingerprint density at radius 1 is 1.29 bits per heavy atom. The highest BCUT2D eigenvalue weighted by molar-refractivity contribution is 6.30. The van der Waals surface area contributed by atoms with Crippen molar-refractivity contribution in [3.63, 3.8) is 0 Å². The molecular weight excluding hydrogens is 292 g/mol. The van der Waals surface area contributed by atoms with Gasteiger partial charge in [0.2, 0.25) is 5.88 Å². The molecule has 0 radical (unpaired) electrons. The Hall–Kier alpha value is -1.98. The van der Waals surface area contributed by atoms with Crippen LogP contribution in [0.4, 0.5) is 0 Å². The first-order chi connectivity index (χ1) is 10.2. The molecule has 6 heteroatoms. The molecule has 0 bridgehead atoms. The molecule has 0 aliphatic carbocycles. The number of hydrogen-bond acceptors (Lipinski definition) is 5. The van der Waals surface area contributed by atoms with Gasteiger partial charge in [0, 0.05) is 25.4 Å². The molecule has 2 rings (SSSR count). The van der Waals surface area contributed by atoms with Crippen molar-refractivity contribution in [1.82, 2.24) is 10.3 Å². The van der Waals surface area contributed by atoms with Crippen LogP contribution in [-0.4, -0.2) is 30.4 Å². The van der Waals surface area contributed by atoms with Crippen LogP contribution in [-0.2, 0) is 6.54 Å². The molecular formula is C15H17ClN2O3. The van der Waals surface area contributed by atoms with Gasteiger partial charge in [0.25, 0.3) is 0 Å². The first-order valence-electron chi connectivity index (χ1n) is 6.50. The van der Waals surface area contributed by atoms with Gasteiger partial charge in [-0.25, -0.2) is 4.98 Å². The van der Waals surface area contributed by atoms with Crippen LogP contribution in [0, 0.1) is 0 Å². The number of benzene rings is 1. The Labute approximate surface area is 128 Å². The molecule has 0 fully saturated rings. The van der Waals surface area contributed by atoms with Crippen LogP contribution in [0.3, 0.4) is 0 Å². The smallest absolute Gasteiger partial charge is 0.213 e. The Kier molecular flexibility index (Phi) is 5.66. The third-order valence-electron chi connectivity index (χ3n) is 2.80. The van der Waals surface area contributed by atoms with Gasteiger partial charge in [0.05, 0.1) is 12.1 Å². The van der Waals surface area contributed by atoms with E-state index in [0.717, 1.165) is 5.56 Å². The van der Waals surface area contributed by atoms with Gasteiger partial charge < -0.3 is 19.9 Å². The van der Waals surface area contributed by atoms with Crippen molar-refractivity contribution in [1.29, 1.82) is 0 Å². The molecule has 112 valence electrons. The van der Waals surface area contributed by atoms with E-state index in [4.69, 9.17) is 21.1 Å². The van der Waals surface area contributed by atoms with E-state index in [1.54, 1.807) is 30.5 Å². The summed E-state index contributed by atoms with van der Waals surface area (Å²) in [5.74, 6) is 1.15. The summed E-state index contributed by atoms with van der Waals surface area (Å²) in [6.07, 6.45) is 1.55.